The van der Waals surface area contributed by atoms with Gasteiger partial charge in [-0.15, -0.1) is 0 Å². The molecule has 126 valence electrons. The molecule has 0 aromatic heterocycles. The second-order valence-corrected chi connectivity index (χ2v) is 6.36. The van der Waals surface area contributed by atoms with Crippen molar-refractivity contribution in [2.45, 2.75) is 91.4 Å². The van der Waals surface area contributed by atoms with E-state index in [1.54, 1.807) is 7.05 Å². The summed E-state index contributed by atoms with van der Waals surface area (Å²) >= 11 is 0. The molecule has 21 heavy (non-hydrogen) atoms. The summed E-state index contributed by atoms with van der Waals surface area (Å²) in [5, 5.41) is 0. The van der Waals surface area contributed by atoms with Crippen LogP contribution in [0.15, 0.2) is 0 Å². The third-order valence-electron chi connectivity index (χ3n) is 4.26. The normalized spacial score (nSPS) is 13.9. The van der Waals surface area contributed by atoms with E-state index >= 15 is 0 Å². The molecule has 0 aliphatic heterocycles. The Morgan fingerprint density at radius 2 is 1.33 bits per heavy atom. The fraction of sp³-hybridized carbons (Fsp3) is 0.941. The number of hydrogen-bond donors (Lipinski definition) is 3. The van der Waals surface area contributed by atoms with Crippen LogP contribution in [0.1, 0.15) is 91.4 Å². The van der Waals surface area contributed by atoms with Gasteiger partial charge in [0.15, 0.2) is 0 Å². The van der Waals surface area contributed by atoms with Crippen molar-refractivity contribution in [1.82, 2.24) is 16.4 Å². The van der Waals surface area contributed by atoms with Gasteiger partial charge >= 0.3 is 0 Å². The van der Waals surface area contributed by atoms with Crippen molar-refractivity contribution < 1.29 is 4.79 Å². The highest BCUT2D eigenvalue weighted by molar-refractivity contribution is 5.81. The maximum Gasteiger partial charge on any atom is 0.241 e. The van der Waals surface area contributed by atoms with Crippen molar-refractivity contribution in [3.05, 3.63) is 0 Å². The molecule has 4 nitrogen and oxygen atoms in total. The highest BCUT2D eigenvalue weighted by atomic mass is 16.2. The van der Waals surface area contributed by atoms with E-state index in [0.717, 1.165) is 25.7 Å². The van der Waals surface area contributed by atoms with Gasteiger partial charge < -0.3 is 0 Å². The minimum Gasteiger partial charge on any atom is -0.277 e. The van der Waals surface area contributed by atoms with Crippen molar-refractivity contribution in [3.63, 3.8) is 0 Å². The molecule has 0 aromatic rings. The second kappa shape index (κ2) is 13.1. The first-order chi connectivity index (χ1) is 10.1. The van der Waals surface area contributed by atoms with E-state index in [2.05, 4.69) is 37.2 Å². The van der Waals surface area contributed by atoms with Gasteiger partial charge in [0.25, 0.3) is 0 Å². The largest absolute Gasteiger partial charge is 0.277 e. The van der Waals surface area contributed by atoms with Gasteiger partial charge in [-0.3, -0.25) is 10.2 Å². The van der Waals surface area contributed by atoms with Crippen molar-refractivity contribution >= 4 is 5.91 Å². The molecule has 4 heteroatoms. The number of unbranched alkanes of at least 4 members (excludes halogenated alkanes) is 7. The Bertz CT molecular complexity index is 258. The molecule has 0 heterocycles. The van der Waals surface area contributed by atoms with E-state index < -0.39 is 0 Å². The molecule has 1 atom stereocenters. The molecule has 0 saturated heterocycles. The summed E-state index contributed by atoms with van der Waals surface area (Å²) < 4.78 is 0. The van der Waals surface area contributed by atoms with E-state index in [9.17, 15) is 4.79 Å². The van der Waals surface area contributed by atoms with Crippen molar-refractivity contribution in [2.75, 3.05) is 7.05 Å². The quantitative estimate of drug-likeness (QED) is 0.335. The first-order valence-corrected chi connectivity index (χ1v) is 8.83. The summed E-state index contributed by atoms with van der Waals surface area (Å²) in [4.78, 5) is 12.4. The molecule has 0 saturated carbocycles. The lowest BCUT2D eigenvalue weighted by Gasteiger charge is -2.28. The smallest absolute Gasteiger partial charge is 0.241 e. The fourth-order valence-electron chi connectivity index (χ4n) is 2.68. The summed E-state index contributed by atoms with van der Waals surface area (Å²) in [5.74, 6) is 0.115. The van der Waals surface area contributed by atoms with Gasteiger partial charge in [-0.2, -0.15) is 5.53 Å². The molecule has 0 radical (unpaired) electrons. The van der Waals surface area contributed by atoms with Gasteiger partial charge in [0.2, 0.25) is 5.91 Å². The maximum absolute atomic E-state index is 12.4. The number of rotatable bonds is 14. The number of amides is 1. The Labute approximate surface area is 131 Å². The van der Waals surface area contributed by atoms with Crippen LogP contribution < -0.4 is 16.4 Å². The van der Waals surface area contributed by atoms with E-state index in [4.69, 9.17) is 0 Å². The standard InChI is InChI=1S/C17H37N3O/c1-5-7-9-11-13-15-17(3,14-12-10-8-6-2)16(21)19-20-18-4/h18,20H,5-15H2,1-4H3,(H,19,21). The van der Waals surface area contributed by atoms with Crippen LogP contribution in [0.2, 0.25) is 0 Å². The SMILES string of the molecule is CCCCCCCC(C)(CCCCCC)C(=O)NNNC. The molecule has 1 unspecified atom stereocenters. The molecule has 3 N–H and O–H groups in total. The van der Waals surface area contributed by atoms with Crippen LogP contribution in [0.4, 0.5) is 0 Å². The molecule has 0 aliphatic rings. The lowest BCUT2D eigenvalue weighted by molar-refractivity contribution is -0.132. The van der Waals surface area contributed by atoms with E-state index in [1.807, 2.05) is 0 Å². The minimum atomic E-state index is -0.246. The van der Waals surface area contributed by atoms with E-state index in [1.165, 1.54) is 44.9 Å². The van der Waals surface area contributed by atoms with Gasteiger partial charge in [-0.05, 0) is 12.8 Å². The van der Waals surface area contributed by atoms with Crippen LogP contribution in [0, 0.1) is 5.41 Å². The van der Waals surface area contributed by atoms with Gasteiger partial charge in [0.05, 0.1) is 0 Å². The van der Waals surface area contributed by atoms with Crippen LogP contribution in [-0.4, -0.2) is 13.0 Å². The first-order valence-electron chi connectivity index (χ1n) is 8.83. The Morgan fingerprint density at radius 1 is 0.857 bits per heavy atom. The third kappa shape index (κ3) is 9.86. The van der Waals surface area contributed by atoms with Crippen LogP contribution in [0.5, 0.6) is 0 Å². The number of carbonyl (C=O) groups is 1. The molecule has 0 aliphatic carbocycles. The lowest BCUT2D eigenvalue weighted by atomic mass is 9.79. The second-order valence-electron chi connectivity index (χ2n) is 6.36. The van der Waals surface area contributed by atoms with Gasteiger partial charge in [0.1, 0.15) is 0 Å². The molecular weight excluding hydrogens is 262 g/mol. The van der Waals surface area contributed by atoms with Gasteiger partial charge in [0, 0.05) is 12.5 Å². The van der Waals surface area contributed by atoms with Gasteiger partial charge in [-0.25, -0.2) is 5.43 Å². The number of hydrogen-bond acceptors (Lipinski definition) is 3. The molecule has 0 fully saturated rings. The molecule has 0 aromatic carbocycles. The lowest BCUT2D eigenvalue weighted by Crippen LogP contribution is -2.50. The number of hydrazine groups is 2. The predicted molar refractivity (Wildman–Crippen MR) is 90.6 cm³/mol. The van der Waals surface area contributed by atoms with Crippen LogP contribution in [-0.2, 0) is 4.79 Å². The minimum absolute atomic E-state index is 0.115. The van der Waals surface area contributed by atoms with Crippen molar-refractivity contribution in [3.8, 4) is 0 Å². The Morgan fingerprint density at radius 3 is 1.81 bits per heavy atom. The van der Waals surface area contributed by atoms with Crippen LogP contribution in [0.25, 0.3) is 0 Å². The third-order valence-corrected chi connectivity index (χ3v) is 4.26. The Balaban J connectivity index is 4.26. The molecule has 0 bridgehead atoms. The fourth-order valence-corrected chi connectivity index (χ4v) is 2.68. The molecule has 0 spiro atoms. The molecule has 1 amide bonds. The summed E-state index contributed by atoms with van der Waals surface area (Å²) in [5.41, 5.74) is 7.99. The zero-order chi connectivity index (χ0) is 16.0. The average Bonchev–Trinajstić information content (AvgIpc) is 2.49. The maximum atomic E-state index is 12.4. The zero-order valence-corrected chi connectivity index (χ0v) is 14.7. The Kier molecular flexibility index (Phi) is 12.7. The monoisotopic (exact) mass is 299 g/mol. The van der Waals surface area contributed by atoms with Crippen LogP contribution >= 0.6 is 0 Å². The molecule has 0 rings (SSSR count). The number of nitrogens with one attached hydrogen (secondary N) is 3. The predicted octanol–water partition coefficient (Wildman–Crippen LogP) is 4.08. The van der Waals surface area contributed by atoms with Gasteiger partial charge in [-0.1, -0.05) is 78.6 Å². The number of carbonyl (C=O) groups excluding carboxylic acids is 1. The summed E-state index contributed by atoms with van der Waals surface area (Å²) in [6.45, 7) is 6.57. The highest BCUT2D eigenvalue weighted by Crippen LogP contribution is 2.31. The summed E-state index contributed by atoms with van der Waals surface area (Å²) in [6.07, 6.45) is 13.1. The zero-order valence-electron chi connectivity index (χ0n) is 14.7. The van der Waals surface area contributed by atoms with E-state index in [-0.39, 0.29) is 11.3 Å². The molecular formula is C17H37N3O. The first kappa shape index (κ1) is 20.4. The topological polar surface area (TPSA) is 53.2 Å². The Hall–Kier alpha value is -0.610. The summed E-state index contributed by atoms with van der Waals surface area (Å²) in [6, 6.07) is 0. The van der Waals surface area contributed by atoms with Crippen molar-refractivity contribution in [2.24, 2.45) is 5.41 Å². The average molecular weight is 300 g/mol. The van der Waals surface area contributed by atoms with E-state index in [0.29, 0.717) is 0 Å². The highest BCUT2D eigenvalue weighted by Gasteiger charge is 2.31. The van der Waals surface area contributed by atoms with Crippen LogP contribution in [0.3, 0.4) is 0 Å². The van der Waals surface area contributed by atoms with Crippen molar-refractivity contribution in [1.29, 1.82) is 0 Å². The summed E-state index contributed by atoms with van der Waals surface area (Å²) in [7, 11) is 1.75.